The SMILES string of the molecule is CO[C@@H]1CCC[C@H]1[C@@H]1COCCN1Cc1ccc(C#N)c(F)c1. The average Bonchev–Trinajstić information content (AvgIpc) is 3.04. The number of methoxy groups -OCH3 is 1. The van der Waals surface area contributed by atoms with Crippen molar-refractivity contribution in [1.82, 2.24) is 4.90 Å². The fourth-order valence-corrected chi connectivity index (χ4v) is 3.92. The van der Waals surface area contributed by atoms with E-state index in [0.717, 1.165) is 24.9 Å². The minimum atomic E-state index is -0.439. The van der Waals surface area contributed by atoms with Crippen LogP contribution in [0.5, 0.6) is 0 Å². The monoisotopic (exact) mass is 318 g/mol. The summed E-state index contributed by atoms with van der Waals surface area (Å²) in [7, 11) is 1.78. The Balaban J connectivity index is 1.74. The van der Waals surface area contributed by atoms with Gasteiger partial charge in [-0.05, 0) is 30.5 Å². The Bertz CT molecular complexity index is 587. The molecular formula is C18H23FN2O2. The largest absolute Gasteiger partial charge is 0.381 e. The molecule has 0 N–H and O–H groups in total. The van der Waals surface area contributed by atoms with E-state index >= 15 is 0 Å². The van der Waals surface area contributed by atoms with Crippen molar-refractivity contribution in [2.24, 2.45) is 5.92 Å². The molecule has 2 fully saturated rings. The van der Waals surface area contributed by atoms with E-state index in [1.807, 2.05) is 12.1 Å². The van der Waals surface area contributed by atoms with Gasteiger partial charge < -0.3 is 9.47 Å². The number of halogens is 1. The van der Waals surface area contributed by atoms with Crippen molar-refractivity contribution >= 4 is 0 Å². The quantitative estimate of drug-likeness (QED) is 0.856. The number of ether oxygens (including phenoxy) is 2. The molecule has 5 heteroatoms. The van der Waals surface area contributed by atoms with Crippen LogP contribution in [-0.4, -0.2) is 43.9 Å². The van der Waals surface area contributed by atoms with E-state index in [-0.39, 0.29) is 5.56 Å². The Hall–Kier alpha value is -1.48. The predicted molar refractivity (Wildman–Crippen MR) is 84.3 cm³/mol. The molecule has 124 valence electrons. The maximum atomic E-state index is 13.8. The number of hydrogen-bond acceptors (Lipinski definition) is 4. The molecule has 0 amide bonds. The second kappa shape index (κ2) is 7.39. The minimum Gasteiger partial charge on any atom is -0.381 e. The maximum Gasteiger partial charge on any atom is 0.141 e. The number of nitriles is 1. The first kappa shape index (κ1) is 16.4. The molecule has 0 unspecified atom stereocenters. The standard InChI is InChI=1S/C18H23FN2O2/c1-22-18-4-2-3-15(18)17-12-23-8-7-21(17)11-13-5-6-14(10-20)16(19)9-13/h5-6,9,15,17-18H,2-4,7-8,11-12H2,1H3/t15-,17-,18+/m0/s1. The molecule has 3 rings (SSSR count). The van der Waals surface area contributed by atoms with Crippen molar-refractivity contribution in [2.75, 3.05) is 26.9 Å². The summed E-state index contributed by atoms with van der Waals surface area (Å²) in [6.07, 6.45) is 3.75. The van der Waals surface area contributed by atoms with Crippen molar-refractivity contribution in [1.29, 1.82) is 5.26 Å². The van der Waals surface area contributed by atoms with Crippen LogP contribution in [0.25, 0.3) is 0 Å². The van der Waals surface area contributed by atoms with Crippen molar-refractivity contribution in [3.05, 3.63) is 35.1 Å². The smallest absolute Gasteiger partial charge is 0.141 e. The third-order valence-electron chi connectivity index (χ3n) is 5.12. The van der Waals surface area contributed by atoms with Crippen molar-refractivity contribution in [3.63, 3.8) is 0 Å². The third kappa shape index (κ3) is 3.55. The number of rotatable bonds is 4. The molecule has 0 aromatic heterocycles. The molecule has 4 nitrogen and oxygen atoms in total. The Kier molecular flexibility index (Phi) is 5.27. The summed E-state index contributed by atoms with van der Waals surface area (Å²) in [5, 5.41) is 8.84. The summed E-state index contributed by atoms with van der Waals surface area (Å²) in [4.78, 5) is 2.38. The molecule has 3 atom stereocenters. The van der Waals surface area contributed by atoms with Crippen LogP contribution in [0.2, 0.25) is 0 Å². The molecule has 1 heterocycles. The zero-order valence-electron chi connectivity index (χ0n) is 13.5. The average molecular weight is 318 g/mol. The molecule has 1 aromatic rings. The summed E-state index contributed by atoms with van der Waals surface area (Å²) in [5.41, 5.74) is 1.00. The van der Waals surface area contributed by atoms with Crippen LogP contribution in [0.3, 0.4) is 0 Å². The van der Waals surface area contributed by atoms with Crippen molar-refractivity contribution < 1.29 is 13.9 Å². The van der Waals surface area contributed by atoms with Crippen LogP contribution in [-0.2, 0) is 16.0 Å². The van der Waals surface area contributed by atoms with Gasteiger partial charge in [-0.1, -0.05) is 12.5 Å². The van der Waals surface area contributed by atoms with E-state index in [1.165, 1.54) is 12.5 Å². The Morgan fingerprint density at radius 2 is 2.30 bits per heavy atom. The van der Waals surface area contributed by atoms with E-state index in [2.05, 4.69) is 4.90 Å². The zero-order valence-corrected chi connectivity index (χ0v) is 13.5. The van der Waals surface area contributed by atoms with Crippen LogP contribution in [0.4, 0.5) is 4.39 Å². The first-order valence-electron chi connectivity index (χ1n) is 8.26. The fraction of sp³-hybridized carbons (Fsp3) is 0.611. The van der Waals surface area contributed by atoms with Crippen molar-refractivity contribution in [3.8, 4) is 6.07 Å². The zero-order chi connectivity index (χ0) is 16.2. The van der Waals surface area contributed by atoms with E-state index in [0.29, 0.717) is 37.8 Å². The first-order chi connectivity index (χ1) is 11.2. The van der Waals surface area contributed by atoms with Crippen LogP contribution < -0.4 is 0 Å². The minimum absolute atomic E-state index is 0.0996. The van der Waals surface area contributed by atoms with Crippen LogP contribution in [0.15, 0.2) is 18.2 Å². The first-order valence-corrected chi connectivity index (χ1v) is 8.26. The molecule has 1 saturated heterocycles. The van der Waals surface area contributed by atoms with Crippen LogP contribution >= 0.6 is 0 Å². The molecule has 1 aliphatic heterocycles. The maximum absolute atomic E-state index is 13.8. The lowest BCUT2D eigenvalue weighted by molar-refractivity contribution is -0.0608. The molecule has 2 aliphatic rings. The Morgan fingerprint density at radius 1 is 1.43 bits per heavy atom. The summed E-state index contributed by atoms with van der Waals surface area (Å²) in [6.45, 7) is 2.95. The lowest BCUT2D eigenvalue weighted by Gasteiger charge is -2.40. The van der Waals surface area contributed by atoms with E-state index < -0.39 is 5.82 Å². The van der Waals surface area contributed by atoms with Crippen LogP contribution in [0, 0.1) is 23.1 Å². The highest BCUT2D eigenvalue weighted by molar-refractivity contribution is 5.33. The second-order valence-electron chi connectivity index (χ2n) is 6.41. The summed E-state index contributed by atoms with van der Waals surface area (Å²) in [5.74, 6) is 0.0361. The van der Waals surface area contributed by atoms with Crippen LogP contribution in [0.1, 0.15) is 30.4 Å². The summed E-state index contributed by atoms with van der Waals surface area (Å²) < 4.78 is 25.2. The van der Waals surface area contributed by atoms with Gasteiger partial charge in [-0.3, -0.25) is 4.90 Å². The van der Waals surface area contributed by atoms with E-state index in [9.17, 15) is 4.39 Å². The molecule has 23 heavy (non-hydrogen) atoms. The Morgan fingerprint density at radius 3 is 3.04 bits per heavy atom. The van der Waals surface area contributed by atoms with Gasteiger partial charge in [-0.25, -0.2) is 4.39 Å². The van der Waals surface area contributed by atoms with Gasteiger partial charge in [0.2, 0.25) is 0 Å². The number of nitrogens with zero attached hydrogens (tertiary/aromatic N) is 2. The molecule has 0 bridgehead atoms. The third-order valence-corrected chi connectivity index (χ3v) is 5.12. The van der Waals surface area contributed by atoms with Gasteiger partial charge in [0.25, 0.3) is 0 Å². The molecule has 0 spiro atoms. The van der Waals surface area contributed by atoms with Gasteiger partial charge in [-0.15, -0.1) is 0 Å². The molecule has 1 aliphatic carbocycles. The molecule has 1 aromatic carbocycles. The summed E-state index contributed by atoms with van der Waals surface area (Å²) >= 11 is 0. The lowest BCUT2D eigenvalue weighted by atomic mass is 9.93. The number of hydrogen-bond donors (Lipinski definition) is 0. The molecular weight excluding hydrogens is 295 g/mol. The highest BCUT2D eigenvalue weighted by Crippen LogP contribution is 2.34. The molecule has 0 radical (unpaired) electrons. The number of morpholine rings is 1. The van der Waals surface area contributed by atoms with E-state index in [4.69, 9.17) is 14.7 Å². The van der Waals surface area contributed by atoms with Crippen molar-refractivity contribution in [2.45, 2.75) is 38.0 Å². The normalized spacial score (nSPS) is 28.7. The fourth-order valence-electron chi connectivity index (χ4n) is 3.92. The Labute approximate surface area is 136 Å². The van der Waals surface area contributed by atoms with Gasteiger partial charge in [0.15, 0.2) is 0 Å². The second-order valence-corrected chi connectivity index (χ2v) is 6.41. The predicted octanol–water partition coefficient (Wildman–Crippen LogP) is 2.71. The van der Waals surface area contributed by atoms with Gasteiger partial charge in [-0.2, -0.15) is 5.26 Å². The van der Waals surface area contributed by atoms with E-state index in [1.54, 1.807) is 13.2 Å². The highest BCUT2D eigenvalue weighted by Gasteiger charge is 2.38. The van der Waals surface area contributed by atoms with Gasteiger partial charge in [0, 0.05) is 32.2 Å². The lowest BCUT2D eigenvalue weighted by Crippen LogP contribution is -2.50. The summed E-state index contributed by atoms with van der Waals surface area (Å²) in [6, 6.07) is 7.07. The van der Waals surface area contributed by atoms with Gasteiger partial charge in [0.05, 0.1) is 24.9 Å². The topological polar surface area (TPSA) is 45.5 Å². The highest BCUT2D eigenvalue weighted by atomic mass is 19.1. The van der Waals surface area contributed by atoms with Gasteiger partial charge >= 0.3 is 0 Å². The number of benzene rings is 1. The molecule has 1 saturated carbocycles. The van der Waals surface area contributed by atoms with Gasteiger partial charge in [0.1, 0.15) is 11.9 Å².